The maximum absolute atomic E-state index is 14.2. The molecule has 312 valence electrons. The molecule has 1 aliphatic carbocycles. The van der Waals surface area contributed by atoms with Crippen LogP contribution in [0.2, 0.25) is 0 Å². The molecule has 3 fully saturated rings. The highest BCUT2D eigenvalue weighted by atomic mass is 79.9. The van der Waals surface area contributed by atoms with Crippen molar-refractivity contribution < 1.29 is 27.9 Å². The summed E-state index contributed by atoms with van der Waals surface area (Å²) in [5.74, 6) is 1.40. The number of urea groups is 1. The Labute approximate surface area is 344 Å². The van der Waals surface area contributed by atoms with E-state index in [0.29, 0.717) is 56.2 Å². The Hall–Kier alpha value is -2.35. The number of rotatable bonds is 13. The molecular weight excluding hydrogens is 803 g/mol. The van der Waals surface area contributed by atoms with Crippen molar-refractivity contribution in [2.75, 3.05) is 50.8 Å². The summed E-state index contributed by atoms with van der Waals surface area (Å²) in [6.45, 7) is 4.45. The van der Waals surface area contributed by atoms with Crippen molar-refractivity contribution >= 4 is 50.6 Å². The normalized spacial score (nSPS) is 23.5. The van der Waals surface area contributed by atoms with Gasteiger partial charge >= 0.3 is 12.2 Å². The number of anilines is 2. The van der Waals surface area contributed by atoms with Crippen molar-refractivity contribution in [3.05, 3.63) is 44.1 Å². The molecule has 3 aliphatic heterocycles. The SMILES string of the molecule is CN1CCCC(CC2CCN(C(=O)[C@H](CCCC(O)CCC3CCC(N4CCc5cscc5NC4=O)CC3)Cc3cc(Br)c(N)c(C(F)(F)F)c3)CC2)CCC1. The summed E-state index contributed by atoms with van der Waals surface area (Å²) in [7, 11) is 2.21. The summed E-state index contributed by atoms with van der Waals surface area (Å²) in [5.41, 5.74) is 7.18. The fourth-order valence-electron chi connectivity index (χ4n) is 9.96. The van der Waals surface area contributed by atoms with Crippen LogP contribution in [0.1, 0.15) is 119 Å². The van der Waals surface area contributed by atoms with Gasteiger partial charge in [-0.2, -0.15) is 13.2 Å². The highest BCUT2D eigenvalue weighted by molar-refractivity contribution is 9.10. The van der Waals surface area contributed by atoms with Gasteiger partial charge in [0.2, 0.25) is 5.91 Å². The van der Waals surface area contributed by atoms with Gasteiger partial charge in [0.05, 0.1) is 23.0 Å². The molecule has 2 saturated heterocycles. The number of carbonyl (C=O) groups excluding carboxylic acids is 2. The second kappa shape index (κ2) is 20.1. The van der Waals surface area contributed by atoms with E-state index < -0.39 is 23.8 Å². The lowest BCUT2D eigenvalue weighted by Crippen LogP contribution is -2.44. The van der Waals surface area contributed by atoms with Crippen LogP contribution < -0.4 is 11.1 Å². The van der Waals surface area contributed by atoms with Crippen LogP contribution in [0.25, 0.3) is 0 Å². The number of aliphatic hydroxyl groups is 1. The zero-order chi connectivity index (χ0) is 39.8. The second-order valence-corrected chi connectivity index (χ2v) is 19.0. The van der Waals surface area contributed by atoms with Gasteiger partial charge in [0.25, 0.3) is 0 Å². The molecule has 3 amide bonds. The van der Waals surface area contributed by atoms with E-state index in [0.717, 1.165) is 88.7 Å². The molecule has 0 spiro atoms. The van der Waals surface area contributed by atoms with Gasteiger partial charge in [-0.15, -0.1) is 11.3 Å². The fraction of sp³-hybridized carbons (Fsp3) is 0.721. The molecule has 4 heterocycles. The van der Waals surface area contributed by atoms with Gasteiger partial charge in [0.1, 0.15) is 0 Å². The van der Waals surface area contributed by atoms with Crippen molar-refractivity contribution in [1.29, 1.82) is 0 Å². The zero-order valence-corrected chi connectivity index (χ0v) is 35.5. The lowest BCUT2D eigenvalue weighted by molar-refractivity contribution is -0.137. The smallest absolute Gasteiger partial charge is 0.397 e. The molecule has 0 bridgehead atoms. The molecular formula is C43H63BrF3N5O3S. The first-order valence-corrected chi connectivity index (χ1v) is 23.0. The van der Waals surface area contributed by atoms with Crippen LogP contribution in [-0.4, -0.2) is 83.7 Å². The van der Waals surface area contributed by atoms with Crippen LogP contribution in [0, 0.1) is 23.7 Å². The number of hydrogen-bond acceptors (Lipinski definition) is 6. The summed E-state index contributed by atoms with van der Waals surface area (Å²) in [4.78, 5) is 33.5. The molecule has 6 rings (SSSR count). The minimum absolute atomic E-state index is 0.000843. The molecule has 1 aromatic carbocycles. The molecule has 2 aromatic rings. The number of carbonyl (C=O) groups is 2. The topological polar surface area (TPSA) is 102 Å². The van der Waals surface area contributed by atoms with E-state index in [-0.39, 0.29) is 34.6 Å². The number of piperidine rings is 1. The number of benzene rings is 1. The number of aliphatic hydroxyl groups excluding tert-OH is 1. The third-order valence-electron chi connectivity index (χ3n) is 13.3. The summed E-state index contributed by atoms with van der Waals surface area (Å²) < 4.78 is 41.9. The van der Waals surface area contributed by atoms with Crippen LogP contribution in [0.15, 0.2) is 27.4 Å². The maximum atomic E-state index is 14.2. The largest absolute Gasteiger partial charge is 0.418 e. The minimum atomic E-state index is -4.60. The lowest BCUT2D eigenvalue weighted by Gasteiger charge is -2.36. The van der Waals surface area contributed by atoms with Gasteiger partial charge in [0, 0.05) is 41.4 Å². The Morgan fingerprint density at radius 3 is 2.34 bits per heavy atom. The number of nitrogen functional groups attached to an aromatic ring is 1. The predicted octanol–water partition coefficient (Wildman–Crippen LogP) is 9.98. The standard InChI is InChI=1S/C43H63BrF3N5O3S/c1-50-18-3-5-30(6-4-19-50)23-31-15-20-51(21-16-31)41(54)33(24-32-25-37(43(45,46)47)40(48)38(44)26-32)7-2-8-36(53)14-11-29-9-12-35(13-10-29)52-22-17-34-27-56-28-39(34)49-42(52)55/h25-31,33,35-36,53H,2-24,48H2,1H3,(H,49,55)/t29?,33-,35?,36?/m1/s1. The summed E-state index contributed by atoms with van der Waals surface area (Å²) in [5, 5.41) is 18.3. The molecule has 4 aliphatic rings. The maximum Gasteiger partial charge on any atom is 0.418 e. The number of amides is 3. The van der Waals surface area contributed by atoms with E-state index in [2.05, 4.69) is 38.6 Å². The van der Waals surface area contributed by atoms with Gasteiger partial charge in [-0.1, -0.05) is 6.42 Å². The number of thiophene rings is 1. The van der Waals surface area contributed by atoms with Crippen LogP contribution in [-0.2, 0) is 23.8 Å². The molecule has 13 heteroatoms. The number of alkyl halides is 3. The van der Waals surface area contributed by atoms with E-state index in [4.69, 9.17) is 5.73 Å². The van der Waals surface area contributed by atoms with E-state index >= 15 is 0 Å². The van der Waals surface area contributed by atoms with Gasteiger partial charge in [-0.25, -0.2) is 4.79 Å². The van der Waals surface area contributed by atoms with Crippen molar-refractivity contribution in [2.24, 2.45) is 23.7 Å². The van der Waals surface area contributed by atoms with E-state index in [1.807, 2.05) is 15.2 Å². The highest BCUT2D eigenvalue weighted by Crippen LogP contribution is 2.39. The Bertz CT molecular complexity index is 1580. The Morgan fingerprint density at radius 2 is 1.64 bits per heavy atom. The average Bonchev–Trinajstić information content (AvgIpc) is 3.53. The summed E-state index contributed by atoms with van der Waals surface area (Å²) >= 11 is 4.85. The number of nitrogens with two attached hydrogens (primary N) is 1. The Kier molecular flexibility index (Phi) is 15.5. The predicted molar refractivity (Wildman–Crippen MR) is 223 cm³/mol. The first kappa shape index (κ1) is 43.2. The quantitative estimate of drug-likeness (QED) is 0.174. The van der Waals surface area contributed by atoms with Crippen LogP contribution in [0.3, 0.4) is 0 Å². The van der Waals surface area contributed by atoms with Crippen molar-refractivity contribution in [3.8, 4) is 0 Å². The highest BCUT2D eigenvalue weighted by Gasteiger charge is 2.36. The number of likely N-dealkylation sites (tertiary alicyclic amines) is 2. The Morgan fingerprint density at radius 1 is 0.946 bits per heavy atom. The zero-order valence-electron chi connectivity index (χ0n) is 33.1. The number of nitrogens with zero attached hydrogens (tertiary/aromatic N) is 3. The van der Waals surface area contributed by atoms with E-state index in [1.165, 1.54) is 37.7 Å². The fourth-order valence-corrected chi connectivity index (χ4v) is 11.3. The molecule has 2 atom stereocenters. The first-order chi connectivity index (χ1) is 26.8. The third kappa shape index (κ3) is 11.9. The van der Waals surface area contributed by atoms with Crippen LogP contribution in [0.4, 0.5) is 29.3 Å². The molecule has 1 saturated carbocycles. The molecule has 4 N–H and O–H groups in total. The molecule has 8 nitrogen and oxygen atoms in total. The van der Waals surface area contributed by atoms with Crippen molar-refractivity contribution in [3.63, 3.8) is 0 Å². The first-order valence-electron chi connectivity index (χ1n) is 21.3. The number of fused-ring (bicyclic) bond motifs is 1. The second-order valence-electron chi connectivity index (χ2n) is 17.4. The number of nitrogens with one attached hydrogen (secondary N) is 1. The third-order valence-corrected chi connectivity index (χ3v) is 14.8. The Balaban J connectivity index is 0.987. The summed E-state index contributed by atoms with van der Waals surface area (Å²) in [6, 6.07) is 2.96. The lowest BCUT2D eigenvalue weighted by atomic mass is 9.81. The monoisotopic (exact) mass is 865 g/mol. The van der Waals surface area contributed by atoms with E-state index in [9.17, 15) is 27.9 Å². The molecule has 56 heavy (non-hydrogen) atoms. The number of hydrogen-bond donors (Lipinski definition) is 3. The molecule has 1 aromatic heterocycles. The van der Waals surface area contributed by atoms with Crippen molar-refractivity contribution in [2.45, 2.75) is 134 Å². The molecule has 0 radical (unpaired) electrons. The number of halogens is 4. The average molecular weight is 867 g/mol. The van der Waals surface area contributed by atoms with Crippen LogP contribution >= 0.6 is 27.3 Å². The van der Waals surface area contributed by atoms with Gasteiger partial charge in [0.15, 0.2) is 0 Å². The minimum Gasteiger partial charge on any atom is -0.397 e. The van der Waals surface area contributed by atoms with Gasteiger partial charge < -0.3 is 30.9 Å². The van der Waals surface area contributed by atoms with Gasteiger partial charge in [-0.05, 0) is 192 Å². The summed E-state index contributed by atoms with van der Waals surface area (Å²) in [6.07, 6.45) is 11.5. The molecule has 1 unspecified atom stereocenters. The van der Waals surface area contributed by atoms with Crippen molar-refractivity contribution in [1.82, 2.24) is 14.7 Å². The van der Waals surface area contributed by atoms with Crippen LogP contribution in [0.5, 0.6) is 0 Å². The van der Waals surface area contributed by atoms with Gasteiger partial charge in [-0.3, -0.25) is 4.79 Å². The van der Waals surface area contributed by atoms with E-state index in [1.54, 1.807) is 17.4 Å².